The van der Waals surface area contributed by atoms with E-state index in [0.29, 0.717) is 0 Å². The van der Waals surface area contributed by atoms with Crippen molar-refractivity contribution in [1.82, 2.24) is 5.32 Å². The molecule has 1 fully saturated rings. The number of rotatable bonds is 1. The summed E-state index contributed by atoms with van der Waals surface area (Å²) in [5.41, 5.74) is 0.848. The molecule has 3 rings (SSSR count). The molecule has 5 heteroatoms. The molecule has 0 spiro atoms. The van der Waals surface area contributed by atoms with Gasteiger partial charge in [0.15, 0.2) is 0 Å². The number of fused-ring (bicyclic) bond motifs is 1. The zero-order valence-corrected chi connectivity index (χ0v) is 10.1. The largest absolute Gasteiger partial charge is 0.506 e. The lowest BCUT2D eigenvalue weighted by molar-refractivity contribution is 0.453. The number of phenols is 2. The van der Waals surface area contributed by atoms with Crippen LogP contribution in [0.2, 0.25) is 0 Å². The number of benzene rings is 1. The minimum Gasteiger partial charge on any atom is -0.506 e. The molecule has 1 aromatic heterocycles. The van der Waals surface area contributed by atoms with Crippen LogP contribution in [0.25, 0.3) is 10.1 Å². The molecule has 0 radical (unpaired) electrons. The summed E-state index contributed by atoms with van der Waals surface area (Å²) >= 11 is 1.50. The van der Waals surface area contributed by atoms with Gasteiger partial charge in [0.05, 0.1) is 10.4 Å². The molecular weight excluding hydrogens is 236 g/mol. The SMILES string of the molecule is Oc1cc(O)c2sccc2c1N1CCNCC1. The molecule has 0 saturated carbocycles. The Morgan fingerprint density at radius 1 is 1.18 bits per heavy atom. The van der Waals surface area contributed by atoms with E-state index in [1.807, 2.05) is 11.4 Å². The lowest BCUT2D eigenvalue weighted by atomic mass is 10.1. The van der Waals surface area contributed by atoms with E-state index in [2.05, 4.69) is 10.2 Å². The number of hydrogen-bond donors (Lipinski definition) is 3. The van der Waals surface area contributed by atoms with Crippen LogP contribution in [0.4, 0.5) is 5.69 Å². The Labute approximate surface area is 103 Å². The van der Waals surface area contributed by atoms with Crippen LogP contribution >= 0.6 is 11.3 Å². The maximum Gasteiger partial charge on any atom is 0.143 e. The summed E-state index contributed by atoms with van der Waals surface area (Å²) < 4.78 is 0.844. The third kappa shape index (κ3) is 1.71. The molecule has 1 saturated heterocycles. The predicted octanol–water partition coefficient (Wildman–Crippen LogP) is 1.72. The second kappa shape index (κ2) is 4.09. The van der Waals surface area contributed by atoms with Crippen LogP contribution in [0.3, 0.4) is 0 Å². The minimum absolute atomic E-state index is 0.159. The van der Waals surface area contributed by atoms with E-state index in [-0.39, 0.29) is 11.5 Å². The van der Waals surface area contributed by atoms with Crippen molar-refractivity contribution in [2.75, 3.05) is 31.1 Å². The fraction of sp³-hybridized carbons (Fsp3) is 0.333. The Hall–Kier alpha value is -1.46. The van der Waals surface area contributed by atoms with Crippen LogP contribution in [0.5, 0.6) is 11.5 Å². The molecule has 0 amide bonds. The van der Waals surface area contributed by atoms with Crippen LogP contribution in [0, 0.1) is 0 Å². The summed E-state index contributed by atoms with van der Waals surface area (Å²) in [6.45, 7) is 3.60. The molecule has 3 N–H and O–H groups in total. The van der Waals surface area contributed by atoms with E-state index >= 15 is 0 Å². The second-order valence-electron chi connectivity index (χ2n) is 4.16. The number of hydrogen-bond acceptors (Lipinski definition) is 5. The van der Waals surface area contributed by atoms with Crippen molar-refractivity contribution in [1.29, 1.82) is 0 Å². The normalized spacial score (nSPS) is 16.6. The summed E-state index contributed by atoms with van der Waals surface area (Å²) in [4.78, 5) is 2.17. The molecule has 2 heterocycles. The highest BCUT2D eigenvalue weighted by Crippen LogP contribution is 2.43. The van der Waals surface area contributed by atoms with Gasteiger partial charge in [0.1, 0.15) is 11.5 Å². The quantitative estimate of drug-likeness (QED) is 0.721. The topological polar surface area (TPSA) is 55.7 Å². The highest BCUT2D eigenvalue weighted by Gasteiger charge is 2.19. The average Bonchev–Trinajstić information content (AvgIpc) is 2.79. The Balaban J connectivity index is 2.16. The van der Waals surface area contributed by atoms with Crippen LogP contribution in [-0.4, -0.2) is 36.4 Å². The van der Waals surface area contributed by atoms with E-state index in [0.717, 1.165) is 42.0 Å². The summed E-state index contributed by atoms with van der Waals surface area (Å²) in [6, 6.07) is 3.40. The van der Waals surface area contributed by atoms with Gasteiger partial charge in [-0.25, -0.2) is 0 Å². The monoisotopic (exact) mass is 250 g/mol. The maximum absolute atomic E-state index is 10.0. The molecule has 0 bridgehead atoms. The number of anilines is 1. The van der Waals surface area contributed by atoms with Crippen molar-refractivity contribution in [2.45, 2.75) is 0 Å². The van der Waals surface area contributed by atoms with Crippen molar-refractivity contribution in [3.05, 3.63) is 17.5 Å². The Morgan fingerprint density at radius 3 is 2.71 bits per heavy atom. The van der Waals surface area contributed by atoms with E-state index in [4.69, 9.17) is 0 Å². The van der Waals surface area contributed by atoms with Gasteiger partial charge < -0.3 is 20.4 Å². The van der Waals surface area contributed by atoms with Crippen molar-refractivity contribution < 1.29 is 10.2 Å². The first kappa shape index (κ1) is 10.7. The van der Waals surface area contributed by atoms with Gasteiger partial charge in [0.25, 0.3) is 0 Å². The van der Waals surface area contributed by atoms with E-state index in [1.165, 1.54) is 17.4 Å². The number of piperazine rings is 1. The molecule has 0 unspecified atom stereocenters. The molecule has 0 atom stereocenters. The zero-order valence-electron chi connectivity index (χ0n) is 9.31. The standard InChI is InChI=1S/C12H14N2O2S/c15-9-7-10(16)12-8(1-6-17-12)11(9)14-4-2-13-3-5-14/h1,6-7,13,15-16H,2-5H2. The van der Waals surface area contributed by atoms with Crippen molar-refractivity contribution in [3.8, 4) is 11.5 Å². The van der Waals surface area contributed by atoms with Gasteiger partial charge >= 0.3 is 0 Å². The van der Waals surface area contributed by atoms with Crippen LogP contribution < -0.4 is 10.2 Å². The Bertz CT molecular complexity index is 547. The van der Waals surface area contributed by atoms with Gasteiger partial charge in [-0.2, -0.15) is 0 Å². The number of nitrogens with zero attached hydrogens (tertiary/aromatic N) is 1. The highest BCUT2D eigenvalue weighted by molar-refractivity contribution is 7.17. The van der Waals surface area contributed by atoms with Gasteiger partial charge in [0.2, 0.25) is 0 Å². The molecule has 17 heavy (non-hydrogen) atoms. The minimum atomic E-state index is 0.159. The number of nitrogens with one attached hydrogen (secondary N) is 1. The van der Waals surface area contributed by atoms with Gasteiger partial charge in [-0.05, 0) is 11.4 Å². The first-order valence-corrected chi connectivity index (χ1v) is 6.53. The van der Waals surface area contributed by atoms with Gasteiger partial charge in [-0.3, -0.25) is 0 Å². The van der Waals surface area contributed by atoms with Gasteiger partial charge in [-0.15, -0.1) is 11.3 Å². The molecule has 90 valence electrons. The first-order chi connectivity index (χ1) is 8.27. The summed E-state index contributed by atoms with van der Waals surface area (Å²) in [7, 11) is 0. The molecular formula is C12H14N2O2S. The lowest BCUT2D eigenvalue weighted by Gasteiger charge is -2.30. The summed E-state index contributed by atoms with van der Waals surface area (Å²) in [5, 5.41) is 26.0. The highest BCUT2D eigenvalue weighted by atomic mass is 32.1. The third-order valence-electron chi connectivity index (χ3n) is 3.10. The fourth-order valence-electron chi connectivity index (χ4n) is 2.32. The van der Waals surface area contributed by atoms with E-state index < -0.39 is 0 Å². The van der Waals surface area contributed by atoms with Crippen LogP contribution in [-0.2, 0) is 0 Å². The molecule has 1 aromatic carbocycles. The summed E-state index contributed by atoms with van der Waals surface area (Å²) in [6.07, 6.45) is 0. The lowest BCUT2D eigenvalue weighted by Crippen LogP contribution is -2.43. The first-order valence-electron chi connectivity index (χ1n) is 5.65. The van der Waals surface area contributed by atoms with Crippen molar-refractivity contribution in [2.24, 2.45) is 0 Å². The van der Waals surface area contributed by atoms with Crippen LogP contribution in [0.15, 0.2) is 17.5 Å². The molecule has 1 aliphatic rings. The van der Waals surface area contributed by atoms with Crippen molar-refractivity contribution >= 4 is 27.1 Å². The maximum atomic E-state index is 10.0. The predicted molar refractivity (Wildman–Crippen MR) is 70.2 cm³/mol. The number of thiophene rings is 1. The fourth-order valence-corrected chi connectivity index (χ4v) is 3.13. The van der Waals surface area contributed by atoms with E-state index in [9.17, 15) is 10.2 Å². The average molecular weight is 250 g/mol. The Kier molecular flexibility index (Phi) is 2.57. The smallest absolute Gasteiger partial charge is 0.143 e. The molecule has 0 aliphatic carbocycles. The van der Waals surface area contributed by atoms with E-state index in [1.54, 1.807) is 0 Å². The molecule has 2 aromatic rings. The van der Waals surface area contributed by atoms with Gasteiger partial charge in [-0.1, -0.05) is 0 Å². The molecule has 1 aliphatic heterocycles. The summed E-state index contributed by atoms with van der Waals surface area (Å²) in [5.74, 6) is 0.321. The Morgan fingerprint density at radius 2 is 1.94 bits per heavy atom. The van der Waals surface area contributed by atoms with Crippen LogP contribution in [0.1, 0.15) is 0 Å². The van der Waals surface area contributed by atoms with Crippen molar-refractivity contribution in [3.63, 3.8) is 0 Å². The molecule has 4 nitrogen and oxygen atoms in total. The number of aromatic hydroxyl groups is 2. The third-order valence-corrected chi connectivity index (χ3v) is 4.04. The van der Waals surface area contributed by atoms with Gasteiger partial charge in [0, 0.05) is 37.6 Å². The zero-order chi connectivity index (χ0) is 11.8. The second-order valence-corrected chi connectivity index (χ2v) is 5.08. The number of phenolic OH excluding ortho intramolecular Hbond substituents is 2.